The first-order chi connectivity index (χ1) is 31.7. The summed E-state index contributed by atoms with van der Waals surface area (Å²) in [6.07, 6.45) is 0. The zero-order valence-corrected chi connectivity index (χ0v) is 35.4. The molecule has 0 aliphatic carbocycles. The fourth-order valence-corrected chi connectivity index (χ4v) is 11.6. The molecule has 3 nitrogen and oxygen atoms in total. The molecule has 0 amide bonds. The topological polar surface area (TPSA) is 14.8 Å². The van der Waals surface area contributed by atoms with Crippen LogP contribution < -0.4 is 0 Å². The molecule has 0 N–H and O–H groups in total. The Bertz CT molecular complexity index is 4180. The predicted octanol–water partition coefficient (Wildman–Crippen LogP) is 16.7. The van der Waals surface area contributed by atoms with E-state index < -0.39 is 0 Å². The van der Waals surface area contributed by atoms with Crippen molar-refractivity contribution in [2.45, 2.75) is 0 Å². The zero-order chi connectivity index (χ0) is 41.9. The molecule has 0 atom stereocenters. The molecule has 0 unspecified atom stereocenters. The molecule has 14 aromatic rings. The average molecular weight is 832 g/mol. The molecule has 64 heavy (non-hydrogen) atoms. The Kier molecular flexibility index (Phi) is 7.56. The second-order valence-corrected chi connectivity index (χ2v) is 18.0. The minimum absolute atomic E-state index is 1.15. The van der Waals surface area contributed by atoms with Gasteiger partial charge in [0, 0.05) is 69.6 Å². The third kappa shape index (κ3) is 5.21. The first-order valence-electron chi connectivity index (χ1n) is 21.9. The van der Waals surface area contributed by atoms with Gasteiger partial charge in [0.05, 0.1) is 33.1 Å². The number of rotatable bonds is 5. The van der Waals surface area contributed by atoms with Gasteiger partial charge in [-0.15, -0.1) is 11.3 Å². The lowest BCUT2D eigenvalue weighted by Gasteiger charge is -2.10. The molecule has 0 saturated carbocycles. The van der Waals surface area contributed by atoms with Gasteiger partial charge in [-0.2, -0.15) is 0 Å². The second kappa shape index (κ2) is 13.7. The monoisotopic (exact) mass is 831 g/mol. The van der Waals surface area contributed by atoms with Crippen molar-refractivity contribution < 1.29 is 0 Å². The van der Waals surface area contributed by atoms with Crippen LogP contribution in [0.5, 0.6) is 0 Å². The number of aromatic nitrogens is 3. The molecule has 14 rings (SSSR count). The summed E-state index contributed by atoms with van der Waals surface area (Å²) in [5, 5.41) is 10.1. The number of hydrogen-bond acceptors (Lipinski definition) is 1. The molecule has 4 aromatic heterocycles. The molecule has 0 spiro atoms. The normalized spacial score (nSPS) is 12.1. The lowest BCUT2D eigenvalue weighted by Crippen LogP contribution is -1.93. The Morgan fingerprint density at radius 3 is 1.06 bits per heavy atom. The van der Waals surface area contributed by atoms with Crippen LogP contribution in [0.4, 0.5) is 0 Å². The van der Waals surface area contributed by atoms with Gasteiger partial charge in [0.2, 0.25) is 0 Å². The maximum absolute atomic E-state index is 2.44. The molecule has 0 fully saturated rings. The molecule has 0 aliphatic heterocycles. The third-order valence-electron chi connectivity index (χ3n) is 13.4. The van der Waals surface area contributed by atoms with E-state index in [4.69, 9.17) is 0 Å². The van der Waals surface area contributed by atoms with E-state index in [0.29, 0.717) is 0 Å². The summed E-state index contributed by atoms with van der Waals surface area (Å²) in [6, 6.07) is 82.8. The van der Waals surface area contributed by atoms with Crippen molar-refractivity contribution in [2.24, 2.45) is 0 Å². The Morgan fingerprint density at radius 2 is 0.578 bits per heavy atom. The molecule has 4 heteroatoms. The highest BCUT2D eigenvalue weighted by Gasteiger charge is 2.19. The molecule has 298 valence electrons. The van der Waals surface area contributed by atoms with Gasteiger partial charge in [-0.05, 0) is 131 Å². The summed E-state index contributed by atoms with van der Waals surface area (Å²) in [4.78, 5) is 0. The van der Waals surface area contributed by atoms with Crippen molar-refractivity contribution in [1.82, 2.24) is 13.7 Å². The number of benzene rings is 10. The van der Waals surface area contributed by atoms with E-state index in [1.807, 2.05) is 11.3 Å². The van der Waals surface area contributed by atoms with Gasteiger partial charge in [-0.1, -0.05) is 115 Å². The lowest BCUT2D eigenvalue weighted by atomic mass is 9.98. The maximum atomic E-state index is 2.44. The van der Waals surface area contributed by atoms with Crippen LogP contribution in [0.15, 0.2) is 224 Å². The molecular formula is C60H37N3S. The SMILES string of the molecule is c1ccc(-n2c3ccccc3c3cc(-c4ccc5c(c4)c4cc(-c6ccc7c(c6)c6ccccc6n7-c6ccc7sc8ccccc8c7c6)ccc4n5-c4ccccc4)ccc32)cc1. The number of fused-ring (bicyclic) bond motifs is 12. The quantitative estimate of drug-likeness (QED) is 0.164. The second-order valence-electron chi connectivity index (χ2n) is 16.9. The average Bonchev–Trinajstić information content (AvgIpc) is 4.10. The van der Waals surface area contributed by atoms with Crippen LogP contribution in [0, 0.1) is 0 Å². The summed E-state index contributed by atoms with van der Waals surface area (Å²) in [7, 11) is 0. The number of thiophene rings is 1. The fourth-order valence-electron chi connectivity index (χ4n) is 10.5. The van der Waals surface area contributed by atoms with Crippen molar-refractivity contribution >= 4 is 96.9 Å². The molecular weight excluding hydrogens is 795 g/mol. The van der Waals surface area contributed by atoms with Gasteiger partial charge in [0.1, 0.15) is 0 Å². The van der Waals surface area contributed by atoms with Crippen LogP contribution in [0.1, 0.15) is 0 Å². The van der Waals surface area contributed by atoms with Gasteiger partial charge < -0.3 is 13.7 Å². The van der Waals surface area contributed by atoms with E-state index in [0.717, 1.165) is 5.69 Å². The Balaban J connectivity index is 0.939. The van der Waals surface area contributed by atoms with Gasteiger partial charge in [0.15, 0.2) is 0 Å². The number of para-hydroxylation sites is 4. The van der Waals surface area contributed by atoms with E-state index >= 15 is 0 Å². The Labute approximate surface area is 372 Å². The molecule has 0 saturated heterocycles. The fraction of sp³-hybridized carbons (Fsp3) is 0. The first kappa shape index (κ1) is 35.4. The van der Waals surface area contributed by atoms with E-state index in [9.17, 15) is 0 Å². The van der Waals surface area contributed by atoms with Crippen molar-refractivity contribution in [3.8, 4) is 39.3 Å². The zero-order valence-electron chi connectivity index (χ0n) is 34.6. The van der Waals surface area contributed by atoms with Gasteiger partial charge >= 0.3 is 0 Å². The molecule has 4 heterocycles. The van der Waals surface area contributed by atoms with Crippen molar-refractivity contribution in [2.75, 3.05) is 0 Å². The highest BCUT2D eigenvalue weighted by molar-refractivity contribution is 7.25. The Hall–Kier alpha value is -8.18. The highest BCUT2D eigenvalue weighted by Crippen LogP contribution is 2.42. The smallest absolute Gasteiger partial charge is 0.0541 e. The van der Waals surface area contributed by atoms with E-state index in [1.165, 1.54) is 119 Å². The maximum Gasteiger partial charge on any atom is 0.0541 e. The predicted molar refractivity (Wildman–Crippen MR) is 273 cm³/mol. The summed E-state index contributed by atoms with van der Waals surface area (Å²) in [5.41, 5.74) is 15.5. The van der Waals surface area contributed by atoms with Crippen LogP contribution >= 0.6 is 11.3 Å². The van der Waals surface area contributed by atoms with E-state index in [-0.39, 0.29) is 0 Å². The molecule has 10 aromatic carbocycles. The Morgan fingerprint density at radius 1 is 0.219 bits per heavy atom. The summed E-state index contributed by atoms with van der Waals surface area (Å²) >= 11 is 1.86. The lowest BCUT2D eigenvalue weighted by molar-refractivity contribution is 1.18. The van der Waals surface area contributed by atoms with E-state index in [2.05, 4.69) is 238 Å². The number of nitrogens with zero attached hydrogens (tertiary/aromatic N) is 3. The van der Waals surface area contributed by atoms with Crippen molar-refractivity contribution in [3.63, 3.8) is 0 Å². The minimum atomic E-state index is 1.15. The van der Waals surface area contributed by atoms with Crippen molar-refractivity contribution in [3.05, 3.63) is 224 Å². The van der Waals surface area contributed by atoms with Gasteiger partial charge in [0.25, 0.3) is 0 Å². The van der Waals surface area contributed by atoms with Crippen LogP contribution in [-0.2, 0) is 0 Å². The van der Waals surface area contributed by atoms with Crippen LogP contribution in [0.2, 0.25) is 0 Å². The van der Waals surface area contributed by atoms with Gasteiger partial charge in [-0.25, -0.2) is 0 Å². The van der Waals surface area contributed by atoms with E-state index in [1.54, 1.807) is 0 Å². The van der Waals surface area contributed by atoms with Crippen molar-refractivity contribution in [1.29, 1.82) is 0 Å². The standard InChI is InChI=1S/C60H37N3S/c1-3-13-42(14-4-1)61-53-20-10-7-17-45(53)48-33-38(23-28-55(48)61)40-25-30-57-50(35-40)51-36-41(26-31-58(51)62(57)43-15-5-2-6-16-43)39-24-29-56-49(34-39)46-18-8-11-21-54(46)63(56)44-27-32-60-52(37-44)47-19-9-12-22-59(47)64-60/h1-37H. The minimum Gasteiger partial charge on any atom is -0.309 e. The van der Waals surface area contributed by atoms with Crippen LogP contribution in [0.25, 0.3) is 125 Å². The molecule has 0 radical (unpaired) electrons. The number of hydrogen-bond donors (Lipinski definition) is 0. The summed E-state index contributed by atoms with van der Waals surface area (Å²) in [5.74, 6) is 0. The van der Waals surface area contributed by atoms with Crippen LogP contribution in [0.3, 0.4) is 0 Å². The van der Waals surface area contributed by atoms with Crippen LogP contribution in [-0.4, -0.2) is 13.7 Å². The summed E-state index contributed by atoms with van der Waals surface area (Å²) < 4.78 is 9.88. The van der Waals surface area contributed by atoms with Gasteiger partial charge in [-0.3, -0.25) is 0 Å². The molecule has 0 aliphatic rings. The highest BCUT2D eigenvalue weighted by atomic mass is 32.1. The largest absolute Gasteiger partial charge is 0.309 e. The first-order valence-corrected chi connectivity index (χ1v) is 22.7. The summed E-state index contributed by atoms with van der Waals surface area (Å²) in [6.45, 7) is 0. The third-order valence-corrected chi connectivity index (χ3v) is 14.6. The molecule has 0 bridgehead atoms.